The fourth-order valence-corrected chi connectivity index (χ4v) is 2.83. The zero-order valence-corrected chi connectivity index (χ0v) is 11.6. The van der Waals surface area contributed by atoms with Crippen molar-refractivity contribution in [2.75, 3.05) is 18.4 Å². The molecule has 2 unspecified atom stereocenters. The maximum absolute atomic E-state index is 13.1. The standard InChI is InChI=1S/C15H20FN3O/c1-10-8-19(13-5-6-13)9-14(10)18-15(20)17-12-4-2-3-11(16)7-12/h2-4,7,10,13-14H,5-6,8-9H2,1H3,(H2,17,18,20). The van der Waals surface area contributed by atoms with Gasteiger partial charge >= 0.3 is 6.03 Å². The summed E-state index contributed by atoms with van der Waals surface area (Å²) in [6.07, 6.45) is 2.57. The van der Waals surface area contributed by atoms with E-state index >= 15 is 0 Å². The minimum Gasteiger partial charge on any atom is -0.334 e. The topological polar surface area (TPSA) is 44.4 Å². The van der Waals surface area contributed by atoms with E-state index < -0.39 is 0 Å². The minimum absolute atomic E-state index is 0.171. The number of nitrogens with zero attached hydrogens (tertiary/aromatic N) is 1. The van der Waals surface area contributed by atoms with Gasteiger partial charge in [-0.1, -0.05) is 13.0 Å². The third-order valence-corrected chi connectivity index (χ3v) is 4.10. The van der Waals surface area contributed by atoms with Gasteiger partial charge in [0.1, 0.15) is 5.82 Å². The highest BCUT2D eigenvalue weighted by Gasteiger charge is 2.38. The number of carbonyl (C=O) groups excluding carboxylic acids is 1. The van der Waals surface area contributed by atoms with Crippen LogP contribution in [-0.4, -0.2) is 36.1 Å². The second-order valence-electron chi connectivity index (χ2n) is 5.88. The van der Waals surface area contributed by atoms with Gasteiger partial charge in [0.25, 0.3) is 0 Å². The highest BCUT2D eigenvalue weighted by molar-refractivity contribution is 5.89. The average Bonchev–Trinajstić information content (AvgIpc) is 3.16. The Bertz CT molecular complexity index is 504. The van der Waals surface area contributed by atoms with Crippen molar-refractivity contribution in [1.82, 2.24) is 10.2 Å². The first-order chi connectivity index (χ1) is 9.61. The predicted molar refractivity (Wildman–Crippen MR) is 76.1 cm³/mol. The Morgan fingerprint density at radius 2 is 2.15 bits per heavy atom. The van der Waals surface area contributed by atoms with Crippen LogP contribution in [0.4, 0.5) is 14.9 Å². The molecule has 1 aliphatic heterocycles. The minimum atomic E-state index is -0.350. The molecule has 4 nitrogen and oxygen atoms in total. The van der Waals surface area contributed by atoms with Gasteiger partial charge in [-0.3, -0.25) is 4.90 Å². The lowest BCUT2D eigenvalue weighted by molar-refractivity contribution is 0.246. The number of hydrogen-bond donors (Lipinski definition) is 2. The summed E-state index contributed by atoms with van der Waals surface area (Å²) in [5.41, 5.74) is 0.479. The number of anilines is 1. The van der Waals surface area contributed by atoms with E-state index in [0.717, 1.165) is 19.1 Å². The number of hydrogen-bond acceptors (Lipinski definition) is 2. The number of rotatable bonds is 3. The lowest BCUT2D eigenvalue weighted by Crippen LogP contribution is -2.42. The maximum atomic E-state index is 13.1. The number of urea groups is 1. The van der Waals surface area contributed by atoms with Gasteiger partial charge in [0.15, 0.2) is 0 Å². The van der Waals surface area contributed by atoms with Crippen LogP contribution in [0.3, 0.4) is 0 Å². The normalized spacial score (nSPS) is 26.5. The molecule has 2 fully saturated rings. The molecule has 2 aliphatic rings. The molecule has 0 bridgehead atoms. The maximum Gasteiger partial charge on any atom is 0.319 e. The molecule has 1 saturated carbocycles. The molecule has 1 aromatic rings. The van der Waals surface area contributed by atoms with Crippen LogP contribution in [0.1, 0.15) is 19.8 Å². The predicted octanol–water partition coefficient (Wildman–Crippen LogP) is 2.43. The van der Waals surface area contributed by atoms with Gasteiger partial charge < -0.3 is 10.6 Å². The van der Waals surface area contributed by atoms with E-state index in [4.69, 9.17) is 0 Å². The first kappa shape index (κ1) is 13.4. The molecule has 3 rings (SSSR count). The Hall–Kier alpha value is -1.62. The number of nitrogens with one attached hydrogen (secondary N) is 2. The fourth-order valence-electron chi connectivity index (χ4n) is 2.83. The summed E-state index contributed by atoms with van der Waals surface area (Å²) in [5, 5.41) is 5.68. The van der Waals surface area contributed by atoms with Crippen molar-refractivity contribution >= 4 is 11.7 Å². The quantitative estimate of drug-likeness (QED) is 0.891. The molecule has 20 heavy (non-hydrogen) atoms. The van der Waals surface area contributed by atoms with Crippen molar-refractivity contribution in [3.63, 3.8) is 0 Å². The molecule has 1 aromatic carbocycles. The summed E-state index contributed by atoms with van der Waals surface area (Å²) in [6.45, 7) is 4.13. The van der Waals surface area contributed by atoms with Crippen LogP contribution in [0.25, 0.3) is 0 Å². The van der Waals surface area contributed by atoms with E-state index in [1.807, 2.05) is 0 Å². The van der Waals surface area contributed by atoms with Crippen LogP contribution in [0, 0.1) is 11.7 Å². The summed E-state index contributed by atoms with van der Waals surface area (Å²) in [7, 11) is 0. The van der Waals surface area contributed by atoms with Crippen molar-refractivity contribution in [3.8, 4) is 0 Å². The molecule has 108 valence electrons. The van der Waals surface area contributed by atoms with Crippen molar-refractivity contribution in [1.29, 1.82) is 0 Å². The van der Waals surface area contributed by atoms with E-state index in [-0.39, 0.29) is 17.9 Å². The Morgan fingerprint density at radius 1 is 1.35 bits per heavy atom. The third kappa shape index (κ3) is 3.10. The fraction of sp³-hybridized carbons (Fsp3) is 0.533. The molecule has 0 aromatic heterocycles. The van der Waals surface area contributed by atoms with Crippen molar-refractivity contribution in [3.05, 3.63) is 30.1 Å². The smallest absolute Gasteiger partial charge is 0.319 e. The molecule has 1 aliphatic carbocycles. The summed E-state index contributed by atoms with van der Waals surface area (Å²) in [4.78, 5) is 14.4. The van der Waals surface area contributed by atoms with Crippen LogP contribution in [0.15, 0.2) is 24.3 Å². The van der Waals surface area contributed by atoms with Gasteiger partial charge in [0, 0.05) is 30.9 Å². The van der Waals surface area contributed by atoms with Crippen LogP contribution in [0.2, 0.25) is 0 Å². The molecule has 2 amide bonds. The van der Waals surface area contributed by atoms with Gasteiger partial charge in [-0.25, -0.2) is 9.18 Å². The van der Waals surface area contributed by atoms with E-state index in [2.05, 4.69) is 22.5 Å². The summed E-state index contributed by atoms with van der Waals surface area (Å²) < 4.78 is 13.1. The van der Waals surface area contributed by atoms with Crippen molar-refractivity contribution in [2.45, 2.75) is 31.8 Å². The highest BCUT2D eigenvalue weighted by Crippen LogP contribution is 2.31. The van der Waals surface area contributed by atoms with Crippen LogP contribution in [-0.2, 0) is 0 Å². The Kier molecular flexibility index (Phi) is 3.61. The van der Waals surface area contributed by atoms with Gasteiger partial charge in [-0.05, 0) is 37.0 Å². The second kappa shape index (κ2) is 5.40. The third-order valence-electron chi connectivity index (χ3n) is 4.10. The summed E-state index contributed by atoms with van der Waals surface area (Å²) in [5.74, 6) is 0.103. The first-order valence-corrected chi connectivity index (χ1v) is 7.19. The molecule has 2 N–H and O–H groups in total. The number of amides is 2. The van der Waals surface area contributed by atoms with E-state index in [1.54, 1.807) is 12.1 Å². The number of benzene rings is 1. The van der Waals surface area contributed by atoms with Crippen LogP contribution in [0.5, 0.6) is 0 Å². The van der Waals surface area contributed by atoms with Crippen molar-refractivity contribution in [2.24, 2.45) is 5.92 Å². The molecular formula is C15H20FN3O. The average molecular weight is 277 g/mol. The molecule has 0 spiro atoms. The lowest BCUT2D eigenvalue weighted by atomic mass is 10.1. The Labute approximate surface area is 118 Å². The SMILES string of the molecule is CC1CN(C2CC2)CC1NC(=O)Nc1cccc(F)c1. The molecule has 5 heteroatoms. The van der Waals surface area contributed by atoms with Gasteiger partial charge in [-0.2, -0.15) is 0 Å². The monoisotopic (exact) mass is 277 g/mol. The van der Waals surface area contributed by atoms with Gasteiger partial charge in [0.2, 0.25) is 0 Å². The molecular weight excluding hydrogens is 257 g/mol. The van der Waals surface area contributed by atoms with E-state index in [9.17, 15) is 9.18 Å². The summed E-state index contributed by atoms with van der Waals surface area (Å²) in [6, 6.07) is 6.57. The molecule has 0 radical (unpaired) electrons. The summed E-state index contributed by atoms with van der Waals surface area (Å²) >= 11 is 0. The number of likely N-dealkylation sites (tertiary alicyclic amines) is 1. The van der Waals surface area contributed by atoms with Crippen LogP contribution >= 0.6 is 0 Å². The Balaban J connectivity index is 1.53. The lowest BCUT2D eigenvalue weighted by Gasteiger charge is -2.17. The zero-order valence-electron chi connectivity index (χ0n) is 11.6. The highest BCUT2D eigenvalue weighted by atomic mass is 19.1. The number of halogens is 1. The van der Waals surface area contributed by atoms with Gasteiger partial charge in [-0.15, -0.1) is 0 Å². The number of carbonyl (C=O) groups is 1. The second-order valence-corrected chi connectivity index (χ2v) is 5.88. The van der Waals surface area contributed by atoms with Gasteiger partial charge in [0.05, 0.1) is 0 Å². The zero-order chi connectivity index (χ0) is 14.1. The largest absolute Gasteiger partial charge is 0.334 e. The molecule has 1 heterocycles. The molecule has 1 saturated heterocycles. The van der Waals surface area contributed by atoms with Crippen molar-refractivity contribution < 1.29 is 9.18 Å². The van der Waals surface area contributed by atoms with E-state index in [1.165, 1.54) is 25.0 Å². The molecule has 2 atom stereocenters. The Morgan fingerprint density at radius 3 is 2.85 bits per heavy atom. The van der Waals surface area contributed by atoms with E-state index in [0.29, 0.717) is 11.6 Å². The first-order valence-electron chi connectivity index (χ1n) is 7.19. The van der Waals surface area contributed by atoms with Crippen LogP contribution < -0.4 is 10.6 Å².